The molecule has 7 rings (SSSR count). The number of ether oxygens (including phenoxy) is 1. The number of halogens is 2. The first kappa shape index (κ1) is 19.1. The Balaban J connectivity index is 1.33. The lowest BCUT2D eigenvalue weighted by atomic mass is 9.63. The van der Waals surface area contributed by atoms with Crippen LogP contribution in [0.4, 0.5) is 5.69 Å². The van der Waals surface area contributed by atoms with Crippen LogP contribution in [0.1, 0.15) is 16.8 Å². The van der Waals surface area contributed by atoms with E-state index in [1.165, 1.54) is 17.0 Å². The summed E-state index contributed by atoms with van der Waals surface area (Å²) in [5.74, 6) is -0.283. The van der Waals surface area contributed by atoms with E-state index in [1.54, 1.807) is 30.3 Å². The number of benzene rings is 2. The third-order valence-corrected chi connectivity index (χ3v) is 7.67. The first-order valence-electron chi connectivity index (χ1n) is 10.3. The number of allylic oxidation sites excluding steroid dienone is 2. The maximum absolute atomic E-state index is 13.4. The average Bonchev–Trinajstić information content (AvgIpc) is 3.52. The first-order valence-corrected chi connectivity index (χ1v) is 11.0. The SMILES string of the molecule is O=C(Oc1ccccc1N1C(=O)[C@H]2[C@@H]3C=C[C@@H]([C@H]4C[C@H]34)[C@@H]2C1=O)c1ccc(Cl)cc1Cl. The third kappa shape index (κ3) is 2.73. The van der Waals surface area contributed by atoms with Crippen LogP contribution in [0.5, 0.6) is 5.75 Å². The summed E-state index contributed by atoms with van der Waals surface area (Å²) >= 11 is 12.0. The van der Waals surface area contributed by atoms with Crippen LogP contribution in [-0.2, 0) is 9.59 Å². The van der Waals surface area contributed by atoms with Crippen molar-refractivity contribution in [1.82, 2.24) is 0 Å². The van der Waals surface area contributed by atoms with Crippen molar-refractivity contribution in [2.75, 3.05) is 4.90 Å². The van der Waals surface area contributed by atoms with E-state index < -0.39 is 5.97 Å². The van der Waals surface area contributed by atoms with E-state index in [0.717, 1.165) is 6.42 Å². The number of esters is 1. The fraction of sp³-hybridized carbons (Fsp3) is 0.292. The maximum Gasteiger partial charge on any atom is 0.345 e. The average molecular weight is 454 g/mol. The van der Waals surface area contributed by atoms with Gasteiger partial charge in [0.2, 0.25) is 11.8 Å². The van der Waals surface area contributed by atoms with Gasteiger partial charge in [-0.3, -0.25) is 9.59 Å². The number of hydrogen-bond acceptors (Lipinski definition) is 4. The van der Waals surface area contributed by atoms with Crippen LogP contribution in [0, 0.1) is 35.5 Å². The molecule has 4 aliphatic carbocycles. The monoisotopic (exact) mass is 453 g/mol. The summed E-state index contributed by atoms with van der Waals surface area (Å²) in [5.41, 5.74) is 0.439. The predicted octanol–water partition coefficient (Wildman–Crippen LogP) is 4.77. The van der Waals surface area contributed by atoms with Gasteiger partial charge in [-0.2, -0.15) is 0 Å². The molecule has 0 unspecified atom stereocenters. The Bertz CT molecular complexity index is 1160. The predicted molar refractivity (Wildman–Crippen MR) is 115 cm³/mol. The number of carbonyl (C=O) groups is 3. The molecule has 0 aromatic heterocycles. The number of carbonyl (C=O) groups excluding carboxylic acids is 3. The molecule has 2 aromatic carbocycles. The van der Waals surface area contributed by atoms with Crippen molar-refractivity contribution in [2.24, 2.45) is 35.5 Å². The lowest BCUT2D eigenvalue weighted by Crippen LogP contribution is -2.40. The molecule has 156 valence electrons. The Morgan fingerprint density at radius 3 is 2.23 bits per heavy atom. The van der Waals surface area contributed by atoms with Crippen LogP contribution < -0.4 is 9.64 Å². The van der Waals surface area contributed by atoms with E-state index in [-0.39, 0.29) is 51.8 Å². The summed E-state index contributed by atoms with van der Waals surface area (Å²) in [4.78, 5) is 40.8. The number of anilines is 1. The minimum absolute atomic E-state index is 0.129. The van der Waals surface area contributed by atoms with Crippen molar-refractivity contribution in [2.45, 2.75) is 6.42 Å². The van der Waals surface area contributed by atoms with Crippen LogP contribution in [0.2, 0.25) is 10.0 Å². The Morgan fingerprint density at radius 1 is 0.935 bits per heavy atom. The highest BCUT2D eigenvalue weighted by Crippen LogP contribution is 2.65. The van der Waals surface area contributed by atoms with Crippen molar-refractivity contribution in [1.29, 1.82) is 0 Å². The minimum atomic E-state index is -0.686. The van der Waals surface area contributed by atoms with Crippen molar-refractivity contribution in [3.8, 4) is 5.75 Å². The minimum Gasteiger partial charge on any atom is -0.421 e. The zero-order valence-electron chi connectivity index (χ0n) is 16.2. The summed E-state index contributed by atoms with van der Waals surface area (Å²) in [6, 6.07) is 11.1. The number of amides is 2. The second kappa shape index (κ2) is 6.68. The largest absolute Gasteiger partial charge is 0.421 e. The summed E-state index contributed by atoms with van der Waals surface area (Å²) in [6.07, 6.45) is 5.36. The molecule has 31 heavy (non-hydrogen) atoms. The van der Waals surface area contributed by atoms with Crippen LogP contribution in [-0.4, -0.2) is 17.8 Å². The maximum atomic E-state index is 13.4. The van der Waals surface area contributed by atoms with E-state index in [0.29, 0.717) is 22.5 Å². The molecular formula is C24H17Cl2NO4. The van der Waals surface area contributed by atoms with Crippen molar-refractivity contribution < 1.29 is 19.1 Å². The molecule has 2 saturated carbocycles. The van der Waals surface area contributed by atoms with E-state index in [4.69, 9.17) is 27.9 Å². The van der Waals surface area contributed by atoms with E-state index in [1.807, 2.05) is 0 Å². The van der Waals surface area contributed by atoms with Gasteiger partial charge >= 0.3 is 5.97 Å². The van der Waals surface area contributed by atoms with Crippen LogP contribution >= 0.6 is 23.2 Å². The van der Waals surface area contributed by atoms with Gasteiger partial charge in [0.25, 0.3) is 0 Å². The topological polar surface area (TPSA) is 63.7 Å². The standard InChI is InChI=1S/C24H17Cl2NO4/c25-11-5-6-14(17(26)9-11)24(30)31-19-4-2-1-3-18(19)27-22(28)20-12-7-8-13(16-10-15(12)16)21(20)23(27)29/h1-9,12-13,15-16,20-21H,10H2/t12-,13+,15-,16-,20+,21+/m1/s1. The highest BCUT2D eigenvalue weighted by atomic mass is 35.5. The molecule has 2 bridgehead atoms. The molecule has 2 aromatic rings. The highest BCUT2D eigenvalue weighted by molar-refractivity contribution is 6.36. The number of rotatable bonds is 3. The van der Waals surface area contributed by atoms with Gasteiger partial charge in [0.05, 0.1) is 28.1 Å². The normalized spacial score (nSPS) is 32.1. The van der Waals surface area contributed by atoms with Crippen molar-refractivity contribution in [3.63, 3.8) is 0 Å². The number of nitrogens with zero attached hydrogens (tertiary/aromatic N) is 1. The molecule has 5 nitrogen and oxygen atoms in total. The Labute approximate surface area is 188 Å². The molecule has 7 heteroatoms. The van der Waals surface area contributed by atoms with Gasteiger partial charge in [-0.05, 0) is 60.4 Å². The molecule has 1 aliphatic heterocycles. The van der Waals surface area contributed by atoms with Crippen LogP contribution in [0.15, 0.2) is 54.6 Å². The zero-order chi connectivity index (χ0) is 21.4. The van der Waals surface area contributed by atoms with Crippen molar-refractivity contribution >= 4 is 46.7 Å². The zero-order valence-corrected chi connectivity index (χ0v) is 17.7. The van der Waals surface area contributed by atoms with Gasteiger partial charge in [0.1, 0.15) is 0 Å². The molecule has 1 saturated heterocycles. The van der Waals surface area contributed by atoms with Gasteiger partial charge in [-0.1, -0.05) is 47.5 Å². The quantitative estimate of drug-likeness (QED) is 0.290. The number of hydrogen-bond donors (Lipinski definition) is 0. The molecule has 2 amide bonds. The molecule has 1 heterocycles. The molecule has 3 fully saturated rings. The summed E-state index contributed by atoms with van der Waals surface area (Å²) in [6.45, 7) is 0. The molecule has 0 N–H and O–H groups in total. The first-order chi connectivity index (χ1) is 15.0. The number of imide groups is 1. The van der Waals surface area contributed by atoms with Gasteiger partial charge in [-0.15, -0.1) is 0 Å². The van der Waals surface area contributed by atoms with Crippen LogP contribution in [0.3, 0.4) is 0 Å². The highest BCUT2D eigenvalue weighted by Gasteiger charge is 2.67. The van der Waals surface area contributed by atoms with Gasteiger partial charge in [0, 0.05) is 5.02 Å². The smallest absolute Gasteiger partial charge is 0.345 e. The fourth-order valence-corrected chi connectivity index (χ4v) is 6.22. The van der Waals surface area contributed by atoms with Gasteiger partial charge in [0.15, 0.2) is 5.75 Å². The van der Waals surface area contributed by atoms with Crippen molar-refractivity contribution in [3.05, 3.63) is 70.2 Å². The Morgan fingerprint density at radius 2 is 1.58 bits per heavy atom. The van der Waals surface area contributed by atoms with E-state index >= 15 is 0 Å². The second-order valence-corrected chi connectivity index (χ2v) is 9.49. The summed E-state index contributed by atoms with van der Waals surface area (Å²) in [5, 5.41) is 0.565. The number of para-hydroxylation sites is 2. The van der Waals surface area contributed by atoms with Gasteiger partial charge < -0.3 is 4.74 Å². The summed E-state index contributed by atoms with van der Waals surface area (Å²) in [7, 11) is 0. The summed E-state index contributed by atoms with van der Waals surface area (Å²) < 4.78 is 5.59. The third-order valence-electron chi connectivity index (χ3n) is 7.12. The van der Waals surface area contributed by atoms with Gasteiger partial charge in [-0.25, -0.2) is 9.69 Å². The van der Waals surface area contributed by atoms with E-state index in [2.05, 4.69) is 12.2 Å². The lowest BCUT2D eigenvalue weighted by molar-refractivity contribution is -0.124. The Kier molecular flexibility index (Phi) is 4.11. The van der Waals surface area contributed by atoms with Crippen LogP contribution in [0.25, 0.3) is 0 Å². The molecular weight excluding hydrogens is 437 g/mol. The Hall–Kier alpha value is -2.63. The van der Waals surface area contributed by atoms with E-state index in [9.17, 15) is 14.4 Å². The fourth-order valence-electron chi connectivity index (χ4n) is 5.73. The molecule has 0 spiro atoms. The molecule has 5 aliphatic rings. The molecule has 0 radical (unpaired) electrons. The second-order valence-electron chi connectivity index (χ2n) is 8.65. The lowest BCUT2D eigenvalue weighted by Gasteiger charge is -2.37. The molecule has 6 atom stereocenters.